The summed E-state index contributed by atoms with van der Waals surface area (Å²) in [6.45, 7) is 3.18. The topological polar surface area (TPSA) is 81.2 Å². The van der Waals surface area contributed by atoms with Gasteiger partial charge in [0, 0.05) is 39.3 Å². The van der Waals surface area contributed by atoms with Crippen LogP contribution in [0.4, 0.5) is 0 Å². The molecule has 0 unspecified atom stereocenters. The highest BCUT2D eigenvalue weighted by molar-refractivity contribution is 6.06. The van der Waals surface area contributed by atoms with E-state index in [0.29, 0.717) is 52.1 Å². The normalized spacial score (nSPS) is 23.8. The lowest BCUT2D eigenvalue weighted by molar-refractivity contribution is -0.142. The van der Waals surface area contributed by atoms with Gasteiger partial charge in [0.05, 0.1) is 24.9 Å². The molecule has 3 aliphatic heterocycles. The SMILES string of the molecule is O=C1C[C@@H](N2CCN([C@H]3CC(=O)N(CCc4ccccc4)C3=O)CC2)C(=O)N1CCc1ccccc1. The Morgan fingerprint density at radius 1 is 0.556 bits per heavy atom. The number of carbonyl (C=O) groups is 4. The summed E-state index contributed by atoms with van der Waals surface area (Å²) in [4.78, 5) is 58.2. The van der Waals surface area contributed by atoms with Crippen molar-refractivity contribution < 1.29 is 19.2 Å². The van der Waals surface area contributed by atoms with Gasteiger partial charge in [-0.2, -0.15) is 0 Å². The first kappa shape index (κ1) is 24.3. The van der Waals surface area contributed by atoms with Gasteiger partial charge in [-0.1, -0.05) is 60.7 Å². The molecule has 4 amide bonds. The summed E-state index contributed by atoms with van der Waals surface area (Å²) < 4.78 is 0. The van der Waals surface area contributed by atoms with E-state index in [1.54, 1.807) is 0 Å². The molecule has 0 aromatic heterocycles. The minimum Gasteiger partial charge on any atom is -0.289 e. The van der Waals surface area contributed by atoms with E-state index < -0.39 is 12.1 Å². The smallest absolute Gasteiger partial charge is 0.247 e. The Bertz CT molecular complexity index is 1030. The van der Waals surface area contributed by atoms with Crippen LogP contribution in [0.1, 0.15) is 24.0 Å². The van der Waals surface area contributed by atoms with Crippen molar-refractivity contribution in [2.24, 2.45) is 0 Å². The van der Waals surface area contributed by atoms with Crippen LogP contribution < -0.4 is 0 Å². The number of imide groups is 2. The molecule has 0 radical (unpaired) electrons. The van der Waals surface area contributed by atoms with Crippen LogP contribution in [0, 0.1) is 0 Å². The van der Waals surface area contributed by atoms with Crippen LogP contribution in [0.25, 0.3) is 0 Å². The van der Waals surface area contributed by atoms with Crippen molar-refractivity contribution >= 4 is 23.6 Å². The predicted molar refractivity (Wildman–Crippen MR) is 134 cm³/mol. The van der Waals surface area contributed by atoms with Crippen LogP contribution in [0.3, 0.4) is 0 Å². The fourth-order valence-corrected chi connectivity index (χ4v) is 5.50. The molecule has 0 aliphatic carbocycles. The molecular formula is C28H32N4O4. The van der Waals surface area contributed by atoms with Crippen molar-refractivity contribution in [2.75, 3.05) is 39.3 Å². The van der Waals surface area contributed by atoms with E-state index in [1.807, 2.05) is 60.7 Å². The first-order valence-electron chi connectivity index (χ1n) is 12.8. The zero-order valence-corrected chi connectivity index (χ0v) is 20.4. The van der Waals surface area contributed by atoms with Gasteiger partial charge in [-0.15, -0.1) is 0 Å². The van der Waals surface area contributed by atoms with Gasteiger partial charge in [0.25, 0.3) is 0 Å². The number of carbonyl (C=O) groups excluding carboxylic acids is 4. The summed E-state index contributed by atoms with van der Waals surface area (Å²) in [6.07, 6.45) is 1.72. The number of hydrogen-bond acceptors (Lipinski definition) is 6. The van der Waals surface area contributed by atoms with Crippen molar-refractivity contribution in [3.63, 3.8) is 0 Å². The molecule has 188 valence electrons. The van der Waals surface area contributed by atoms with Crippen molar-refractivity contribution in [3.8, 4) is 0 Å². The van der Waals surface area contributed by atoms with Crippen LogP contribution in [-0.4, -0.2) is 94.6 Å². The number of likely N-dealkylation sites (tertiary alicyclic amines) is 2. The van der Waals surface area contributed by atoms with Crippen molar-refractivity contribution in [1.82, 2.24) is 19.6 Å². The molecule has 0 saturated carbocycles. The van der Waals surface area contributed by atoms with Gasteiger partial charge in [-0.05, 0) is 24.0 Å². The van der Waals surface area contributed by atoms with E-state index >= 15 is 0 Å². The minimum absolute atomic E-state index is 0.117. The standard InChI is InChI=1S/C28H32N4O4/c33-25-19-23(27(35)31(25)13-11-21-7-3-1-4-8-21)29-15-17-30(18-16-29)24-20-26(34)32(28(24)36)14-12-22-9-5-2-6-10-22/h1-10,23-24H,11-20H2/t23-,24+. The Labute approximate surface area is 211 Å². The zero-order chi connectivity index (χ0) is 25.1. The van der Waals surface area contributed by atoms with Crippen LogP contribution >= 0.6 is 0 Å². The van der Waals surface area contributed by atoms with Crippen LogP contribution in [0.5, 0.6) is 0 Å². The molecule has 3 fully saturated rings. The summed E-state index contributed by atoms with van der Waals surface area (Å²) in [6, 6.07) is 18.8. The van der Waals surface area contributed by atoms with Gasteiger partial charge >= 0.3 is 0 Å². The van der Waals surface area contributed by atoms with E-state index in [2.05, 4.69) is 9.80 Å². The highest BCUT2D eigenvalue weighted by Gasteiger charge is 2.45. The summed E-state index contributed by atoms with van der Waals surface area (Å²) in [5.74, 6) is -0.477. The average Bonchev–Trinajstić information content (AvgIpc) is 3.36. The van der Waals surface area contributed by atoms with Crippen molar-refractivity contribution in [1.29, 1.82) is 0 Å². The summed E-state index contributed by atoms with van der Waals surface area (Å²) in [5.41, 5.74) is 2.20. The maximum absolute atomic E-state index is 13.0. The zero-order valence-electron chi connectivity index (χ0n) is 20.4. The van der Waals surface area contributed by atoms with Gasteiger partial charge in [0.1, 0.15) is 0 Å². The molecule has 0 N–H and O–H groups in total. The molecule has 2 atom stereocenters. The second-order valence-corrected chi connectivity index (χ2v) is 9.75. The third-order valence-corrected chi connectivity index (χ3v) is 7.60. The number of rotatable bonds is 8. The maximum atomic E-state index is 13.0. The highest BCUT2D eigenvalue weighted by atomic mass is 16.2. The molecule has 36 heavy (non-hydrogen) atoms. The highest BCUT2D eigenvalue weighted by Crippen LogP contribution is 2.24. The van der Waals surface area contributed by atoms with Crippen LogP contribution in [0.15, 0.2) is 60.7 Å². The number of piperazine rings is 1. The Balaban J connectivity index is 1.12. The van der Waals surface area contributed by atoms with E-state index in [-0.39, 0.29) is 36.5 Å². The predicted octanol–water partition coefficient (Wildman–Crippen LogP) is 1.34. The number of hydrogen-bond donors (Lipinski definition) is 0. The Morgan fingerprint density at radius 3 is 1.28 bits per heavy atom. The Kier molecular flexibility index (Phi) is 7.25. The molecule has 3 saturated heterocycles. The van der Waals surface area contributed by atoms with E-state index in [9.17, 15) is 19.2 Å². The van der Waals surface area contributed by atoms with Crippen molar-refractivity contribution in [3.05, 3.63) is 71.8 Å². The number of benzene rings is 2. The molecule has 2 aromatic carbocycles. The molecule has 3 heterocycles. The van der Waals surface area contributed by atoms with Gasteiger partial charge in [0.2, 0.25) is 23.6 Å². The first-order valence-corrected chi connectivity index (χ1v) is 12.8. The Hall–Kier alpha value is -3.36. The lowest BCUT2D eigenvalue weighted by atomic mass is 10.1. The monoisotopic (exact) mass is 488 g/mol. The van der Waals surface area contributed by atoms with Gasteiger partial charge in [-0.3, -0.25) is 38.8 Å². The van der Waals surface area contributed by atoms with Crippen LogP contribution in [-0.2, 0) is 32.0 Å². The molecular weight excluding hydrogens is 456 g/mol. The molecule has 8 heteroatoms. The lowest BCUT2D eigenvalue weighted by Crippen LogP contribution is -2.56. The fourth-order valence-electron chi connectivity index (χ4n) is 5.50. The summed E-state index contributed by atoms with van der Waals surface area (Å²) in [5, 5.41) is 0. The molecule has 0 bridgehead atoms. The molecule has 2 aromatic rings. The Morgan fingerprint density at radius 2 is 0.917 bits per heavy atom. The first-order chi connectivity index (χ1) is 17.5. The van der Waals surface area contributed by atoms with E-state index in [0.717, 1.165) is 11.1 Å². The third kappa shape index (κ3) is 5.10. The minimum atomic E-state index is -0.432. The second kappa shape index (κ2) is 10.7. The van der Waals surface area contributed by atoms with Gasteiger partial charge < -0.3 is 0 Å². The third-order valence-electron chi connectivity index (χ3n) is 7.60. The fraction of sp³-hybridized carbons (Fsp3) is 0.429. The molecule has 3 aliphatic rings. The van der Waals surface area contributed by atoms with Crippen LogP contribution in [0.2, 0.25) is 0 Å². The van der Waals surface area contributed by atoms with E-state index in [4.69, 9.17) is 0 Å². The van der Waals surface area contributed by atoms with Gasteiger partial charge in [-0.25, -0.2) is 0 Å². The summed E-state index contributed by atoms with van der Waals surface area (Å²) in [7, 11) is 0. The molecule has 8 nitrogen and oxygen atoms in total. The second-order valence-electron chi connectivity index (χ2n) is 9.75. The quantitative estimate of drug-likeness (QED) is 0.522. The lowest BCUT2D eigenvalue weighted by Gasteiger charge is -2.38. The summed E-state index contributed by atoms with van der Waals surface area (Å²) >= 11 is 0. The van der Waals surface area contributed by atoms with E-state index in [1.165, 1.54) is 9.80 Å². The largest absolute Gasteiger partial charge is 0.289 e. The van der Waals surface area contributed by atoms with Gasteiger partial charge in [0.15, 0.2) is 0 Å². The number of nitrogens with zero attached hydrogens (tertiary/aromatic N) is 4. The van der Waals surface area contributed by atoms with Crippen molar-refractivity contribution in [2.45, 2.75) is 37.8 Å². The molecule has 5 rings (SSSR count). The maximum Gasteiger partial charge on any atom is 0.247 e. The molecule has 0 spiro atoms. The number of amides is 4. The average molecular weight is 489 g/mol.